The zero-order valence-corrected chi connectivity index (χ0v) is 11.2. The third-order valence-corrected chi connectivity index (χ3v) is 3.00. The van der Waals surface area contributed by atoms with Gasteiger partial charge in [0.1, 0.15) is 5.69 Å². The number of carbonyl (C=O) groups excluding carboxylic acids is 1. The second kappa shape index (κ2) is 6.41. The Kier molecular flexibility index (Phi) is 4.60. The van der Waals surface area contributed by atoms with E-state index in [2.05, 4.69) is 4.98 Å². The molecule has 1 amide bonds. The molecule has 19 heavy (non-hydrogen) atoms. The molecule has 1 aromatic heterocycles. The van der Waals surface area contributed by atoms with E-state index < -0.39 is 0 Å². The van der Waals surface area contributed by atoms with Gasteiger partial charge in [0.25, 0.3) is 5.91 Å². The lowest BCUT2D eigenvalue weighted by Gasteiger charge is -2.21. The standard InChI is InChI=1S/C14H16ClN3O/c15-12-8-13(17-9-12)14(19)18(7-6-16)10-11-4-2-1-3-5-11/h1-5,8-9,17H,6-7,10,16H2. The lowest BCUT2D eigenvalue weighted by Crippen LogP contribution is -2.35. The maximum atomic E-state index is 12.3. The van der Waals surface area contributed by atoms with Crippen molar-refractivity contribution in [3.63, 3.8) is 0 Å². The molecule has 0 aliphatic rings. The van der Waals surface area contributed by atoms with E-state index in [0.717, 1.165) is 5.56 Å². The second-order valence-electron chi connectivity index (χ2n) is 4.23. The molecule has 1 heterocycles. The van der Waals surface area contributed by atoms with E-state index in [1.165, 1.54) is 0 Å². The number of nitrogens with one attached hydrogen (secondary N) is 1. The Labute approximate surface area is 117 Å². The number of rotatable bonds is 5. The van der Waals surface area contributed by atoms with Crippen LogP contribution in [0.25, 0.3) is 0 Å². The summed E-state index contributed by atoms with van der Waals surface area (Å²) in [5.74, 6) is -0.0961. The molecule has 0 saturated heterocycles. The molecular weight excluding hydrogens is 262 g/mol. The molecule has 0 bridgehead atoms. The number of carbonyl (C=O) groups is 1. The summed E-state index contributed by atoms with van der Waals surface area (Å²) in [5.41, 5.74) is 7.13. The molecule has 0 spiro atoms. The first-order chi connectivity index (χ1) is 9.20. The van der Waals surface area contributed by atoms with E-state index in [4.69, 9.17) is 17.3 Å². The zero-order chi connectivity index (χ0) is 13.7. The van der Waals surface area contributed by atoms with Gasteiger partial charge in [-0.2, -0.15) is 0 Å². The van der Waals surface area contributed by atoms with E-state index in [0.29, 0.717) is 30.4 Å². The number of amides is 1. The van der Waals surface area contributed by atoms with Gasteiger partial charge in [0.05, 0.1) is 5.02 Å². The minimum absolute atomic E-state index is 0.0961. The summed E-state index contributed by atoms with van der Waals surface area (Å²) in [6.07, 6.45) is 1.60. The van der Waals surface area contributed by atoms with Crippen LogP contribution in [0.2, 0.25) is 5.02 Å². The largest absolute Gasteiger partial charge is 0.356 e. The molecule has 0 aliphatic heterocycles. The molecule has 0 atom stereocenters. The fourth-order valence-corrected chi connectivity index (χ4v) is 2.04. The summed E-state index contributed by atoms with van der Waals surface area (Å²) in [6.45, 7) is 1.46. The van der Waals surface area contributed by atoms with Crippen LogP contribution in [0, 0.1) is 0 Å². The molecule has 0 saturated carbocycles. The van der Waals surface area contributed by atoms with Crippen LogP contribution in [0.1, 0.15) is 16.1 Å². The third kappa shape index (κ3) is 3.59. The Morgan fingerprint density at radius 1 is 1.32 bits per heavy atom. The van der Waals surface area contributed by atoms with E-state index >= 15 is 0 Å². The van der Waals surface area contributed by atoms with Gasteiger partial charge in [-0.1, -0.05) is 41.9 Å². The topological polar surface area (TPSA) is 62.1 Å². The molecule has 1 aromatic carbocycles. The summed E-state index contributed by atoms with van der Waals surface area (Å²) in [7, 11) is 0. The van der Waals surface area contributed by atoms with Crippen molar-refractivity contribution >= 4 is 17.5 Å². The van der Waals surface area contributed by atoms with Crippen LogP contribution < -0.4 is 5.73 Å². The van der Waals surface area contributed by atoms with Crippen molar-refractivity contribution in [1.29, 1.82) is 0 Å². The number of aromatic nitrogens is 1. The molecule has 0 unspecified atom stereocenters. The maximum absolute atomic E-state index is 12.3. The van der Waals surface area contributed by atoms with Crippen molar-refractivity contribution < 1.29 is 4.79 Å². The van der Waals surface area contributed by atoms with Gasteiger partial charge in [-0.15, -0.1) is 0 Å². The summed E-state index contributed by atoms with van der Waals surface area (Å²) < 4.78 is 0. The smallest absolute Gasteiger partial charge is 0.270 e. The van der Waals surface area contributed by atoms with Crippen molar-refractivity contribution in [2.24, 2.45) is 5.73 Å². The average molecular weight is 278 g/mol. The lowest BCUT2D eigenvalue weighted by atomic mass is 10.2. The highest BCUT2D eigenvalue weighted by molar-refractivity contribution is 6.30. The third-order valence-electron chi connectivity index (χ3n) is 2.78. The molecule has 2 rings (SSSR count). The molecule has 2 aromatic rings. The van der Waals surface area contributed by atoms with Crippen molar-refractivity contribution in [2.75, 3.05) is 13.1 Å². The normalized spacial score (nSPS) is 10.4. The van der Waals surface area contributed by atoms with E-state index in [1.54, 1.807) is 17.2 Å². The average Bonchev–Trinajstić information content (AvgIpc) is 2.85. The van der Waals surface area contributed by atoms with Crippen molar-refractivity contribution in [2.45, 2.75) is 6.54 Å². The summed E-state index contributed by atoms with van der Waals surface area (Å²) in [4.78, 5) is 16.9. The molecule has 0 fully saturated rings. The number of benzene rings is 1. The molecule has 0 radical (unpaired) electrons. The summed E-state index contributed by atoms with van der Waals surface area (Å²) >= 11 is 5.82. The number of H-pyrrole nitrogens is 1. The van der Waals surface area contributed by atoms with Crippen LogP contribution in [0.3, 0.4) is 0 Å². The first-order valence-corrected chi connectivity index (χ1v) is 6.45. The predicted octanol–water partition coefficient (Wildman–Crippen LogP) is 2.27. The predicted molar refractivity (Wildman–Crippen MR) is 76.0 cm³/mol. The highest BCUT2D eigenvalue weighted by Crippen LogP contribution is 2.13. The summed E-state index contributed by atoms with van der Waals surface area (Å²) in [5, 5.41) is 0.524. The van der Waals surface area contributed by atoms with E-state index in [9.17, 15) is 4.79 Å². The first kappa shape index (κ1) is 13.6. The number of nitrogens with zero attached hydrogens (tertiary/aromatic N) is 1. The van der Waals surface area contributed by atoms with Gasteiger partial charge in [0, 0.05) is 25.8 Å². The first-order valence-electron chi connectivity index (χ1n) is 6.08. The van der Waals surface area contributed by atoms with Crippen LogP contribution in [-0.2, 0) is 6.54 Å². The number of hydrogen-bond donors (Lipinski definition) is 2. The van der Waals surface area contributed by atoms with Crippen molar-refractivity contribution in [1.82, 2.24) is 9.88 Å². The zero-order valence-electron chi connectivity index (χ0n) is 10.5. The van der Waals surface area contributed by atoms with Crippen LogP contribution >= 0.6 is 11.6 Å². The Bertz CT molecular complexity index is 539. The molecule has 5 heteroatoms. The monoisotopic (exact) mass is 277 g/mol. The Morgan fingerprint density at radius 2 is 2.05 bits per heavy atom. The quantitative estimate of drug-likeness (QED) is 0.881. The van der Waals surface area contributed by atoms with Gasteiger partial charge in [-0.3, -0.25) is 4.79 Å². The Hall–Kier alpha value is -1.78. The molecule has 100 valence electrons. The van der Waals surface area contributed by atoms with Crippen molar-refractivity contribution in [3.8, 4) is 0 Å². The fraction of sp³-hybridized carbons (Fsp3) is 0.214. The van der Waals surface area contributed by atoms with Gasteiger partial charge in [-0.05, 0) is 11.6 Å². The lowest BCUT2D eigenvalue weighted by molar-refractivity contribution is 0.0743. The minimum Gasteiger partial charge on any atom is -0.356 e. The van der Waals surface area contributed by atoms with E-state index in [-0.39, 0.29) is 5.91 Å². The number of hydrogen-bond acceptors (Lipinski definition) is 2. The number of nitrogens with two attached hydrogens (primary N) is 1. The maximum Gasteiger partial charge on any atom is 0.270 e. The minimum atomic E-state index is -0.0961. The van der Waals surface area contributed by atoms with Gasteiger partial charge in [0.15, 0.2) is 0 Å². The molecule has 0 aliphatic carbocycles. The Morgan fingerprint density at radius 3 is 2.63 bits per heavy atom. The van der Waals surface area contributed by atoms with Gasteiger partial charge >= 0.3 is 0 Å². The van der Waals surface area contributed by atoms with Crippen LogP contribution in [-0.4, -0.2) is 28.9 Å². The second-order valence-corrected chi connectivity index (χ2v) is 4.67. The van der Waals surface area contributed by atoms with Crippen LogP contribution in [0.4, 0.5) is 0 Å². The SMILES string of the molecule is NCCN(Cc1ccccc1)C(=O)c1cc(Cl)c[nH]1. The number of halogens is 1. The fourth-order valence-electron chi connectivity index (χ4n) is 1.87. The molecule has 4 nitrogen and oxygen atoms in total. The highest BCUT2D eigenvalue weighted by Gasteiger charge is 2.16. The van der Waals surface area contributed by atoms with Gasteiger partial charge in [-0.25, -0.2) is 0 Å². The van der Waals surface area contributed by atoms with Gasteiger partial charge in [0.2, 0.25) is 0 Å². The molecular formula is C14H16ClN3O. The van der Waals surface area contributed by atoms with E-state index in [1.807, 2.05) is 30.3 Å². The van der Waals surface area contributed by atoms with Crippen molar-refractivity contribution in [3.05, 3.63) is 58.9 Å². The number of aromatic amines is 1. The molecule has 3 N–H and O–H groups in total. The Balaban J connectivity index is 2.13. The van der Waals surface area contributed by atoms with Gasteiger partial charge < -0.3 is 15.6 Å². The highest BCUT2D eigenvalue weighted by atomic mass is 35.5. The van der Waals surface area contributed by atoms with Crippen LogP contribution in [0.5, 0.6) is 0 Å². The van der Waals surface area contributed by atoms with Crippen LogP contribution in [0.15, 0.2) is 42.6 Å². The summed E-state index contributed by atoms with van der Waals surface area (Å²) in [6, 6.07) is 11.4.